The van der Waals surface area contributed by atoms with Gasteiger partial charge in [-0.2, -0.15) is 0 Å². The molecule has 0 aliphatic rings. The van der Waals surface area contributed by atoms with E-state index in [4.69, 9.17) is 5.73 Å². The van der Waals surface area contributed by atoms with E-state index in [1.807, 2.05) is 0 Å². The van der Waals surface area contributed by atoms with Crippen LogP contribution >= 0.6 is 22.6 Å². The first kappa shape index (κ1) is 13.9. The molecule has 0 unspecified atom stereocenters. The van der Waals surface area contributed by atoms with E-state index in [9.17, 15) is 23.3 Å². The summed E-state index contributed by atoms with van der Waals surface area (Å²) in [4.78, 5) is 12.9. The van der Waals surface area contributed by atoms with Crippen molar-refractivity contribution in [2.45, 2.75) is 12.9 Å². The zero-order valence-electron chi connectivity index (χ0n) is 7.99. The Bertz CT molecular complexity index is 452. The lowest BCUT2D eigenvalue weighted by Crippen LogP contribution is -2.19. The van der Waals surface area contributed by atoms with Crippen molar-refractivity contribution in [1.29, 1.82) is 0 Å². The molecule has 6 nitrogen and oxygen atoms in total. The van der Waals surface area contributed by atoms with Gasteiger partial charge in [0.1, 0.15) is 0 Å². The second kappa shape index (κ2) is 5.00. The topological polar surface area (TPSA) is 91.3 Å². The van der Waals surface area contributed by atoms with Crippen LogP contribution in [0.25, 0.3) is 0 Å². The van der Waals surface area contributed by atoms with Crippen LogP contribution in [0.15, 0.2) is 6.07 Å². The fraction of sp³-hybridized carbons (Fsp3) is 0.286. The van der Waals surface area contributed by atoms with Crippen LogP contribution < -0.4 is 10.5 Å². The predicted molar refractivity (Wildman–Crippen MR) is 58.2 cm³/mol. The van der Waals surface area contributed by atoms with E-state index in [0.29, 0.717) is 0 Å². The number of aromatic nitrogens is 1. The number of nitrogens with two attached hydrogens (primary N) is 1. The molecule has 0 amide bonds. The number of pyridine rings is 1. The first-order valence-electron chi connectivity index (χ1n) is 4.04. The van der Waals surface area contributed by atoms with Gasteiger partial charge in [0.2, 0.25) is 5.75 Å². The Hall–Kier alpha value is -1.17. The van der Waals surface area contributed by atoms with Crippen LogP contribution in [0, 0.1) is 13.7 Å². The average Bonchev–Trinajstić information content (AvgIpc) is 2.14. The maximum atomic E-state index is 12.0. The van der Waals surface area contributed by atoms with Gasteiger partial charge in [0.15, 0.2) is 5.69 Å². The molecule has 10 heteroatoms. The minimum Gasteiger partial charge on any atom is -0.397 e. The van der Waals surface area contributed by atoms with Gasteiger partial charge in [-0.3, -0.25) is 0 Å². The molecule has 0 bridgehead atoms. The molecular formula is C7H5F3IN3O3. The Balaban J connectivity index is 3.28. The molecule has 0 aromatic carbocycles. The smallest absolute Gasteiger partial charge is 0.397 e. The van der Waals surface area contributed by atoms with Gasteiger partial charge in [-0.25, -0.2) is 0 Å². The van der Waals surface area contributed by atoms with Crippen LogP contribution in [-0.2, 0) is 6.54 Å². The summed E-state index contributed by atoms with van der Waals surface area (Å²) < 4.78 is 39.8. The molecule has 0 aliphatic carbocycles. The minimum atomic E-state index is -5.01. The molecule has 0 spiro atoms. The highest BCUT2D eigenvalue weighted by Gasteiger charge is 2.35. The van der Waals surface area contributed by atoms with Crippen LogP contribution in [-0.4, -0.2) is 16.3 Å². The molecular weight excluding hydrogens is 358 g/mol. The van der Waals surface area contributed by atoms with Gasteiger partial charge >= 0.3 is 12.2 Å². The summed E-state index contributed by atoms with van der Waals surface area (Å²) >= 11 is 1.67. The molecule has 0 atom stereocenters. The van der Waals surface area contributed by atoms with E-state index in [1.165, 1.54) is 0 Å². The second-order valence-electron chi connectivity index (χ2n) is 2.75. The van der Waals surface area contributed by atoms with Crippen LogP contribution in [0.3, 0.4) is 0 Å². The Labute approximate surface area is 106 Å². The largest absolute Gasteiger partial charge is 0.573 e. The summed E-state index contributed by atoms with van der Waals surface area (Å²) in [7, 11) is 0. The Morgan fingerprint density at radius 2 is 2.18 bits per heavy atom. The van der Waals surface area contributed by atoms with Crippen molar-refractivity contribution in [3.05, 3.63) is 25.4 Å². The number of halogens is 4. The number of alkyl halides is 3. The molecule has 0 radical (unpaired) electrons. The lowest BCUT2D eigenvalue weighted by atomic mass is 10.3. The van der Waals surface area contributed by atoms with Crippen LogP contribution in [0.4, 0.5) is 19.0 Å². The zero-order valence-corrected chi connectivity index (χ0v) is 10.2. The number of nitrogens with zero attached hydrogens (tertiary/aromatic N) is 2. The van der Waals surface area contributed by atoms with Crippen molar-refractivity contribution in [2.75, 3.05) is 0 Å². The van der Waals surface area contributed by atoms with Gasteiger partial charge in [-0.15, -0.1) is 13.2 Å². The average molecular weight is 363 g/mol. The molecule has 0 aliphatic heterocycles. The molecule has 1 aromatic heterocycles. The first-order chi connectivity index (χ1) is 7.74. The van der Waals surface area contributed by atoms with E-state index in [1.54, 1.807) is 22.6 Å². The molecule has 2 N–H and O–H groups in total. The zero-order chi connectivity index (χ0) is 13.2. The summed E-state index contributed by atoms with van der Waals surface area (Å²) in [5, 5.41) is 10.5. The third-order valence-corrected chi connectivity index (χ3v) is 2.52. The van der Waals surface area contributed by atoms with Crippen LogP contribution in [0.2, 0.25) is 0 Å². The van der Waals surface area contributed by atoms with Gasteiger partial charge in [0.25, 0.3) is 0 Å². The van der Waals surface area contributed by atoms with E-state index >= 15 is 0 Å². The second-order valence-corrected chi connectivity index (χ2v) is 3.91. The lowest BCUT2D eigenvalue weighted by Gasteiger charge is -2.09. The highest BCUT2D eigenvalue weighted by atomic mass is 127. The Kier molecular flexibility index (Phi) is 4.08. The quantitative estimate of drug-likeness (QED) is 0.504. The molecule has 94 valence electrons. The maximum absolute atomic E-state index is 12.0. The van der Waals surface area contributed by atoms with Crippen molar-refractivity contribution in [2.24, 2.45) is 5.73 Å². The molecule has 0 saturated carbocycles. The summed E-state index contributed by atoms with van der Waals surface area (Å²) in [6, 6.07) is 0.876. The molecule has 1 heterocycles. The van der Waals surface area contributed by atoms with E-state index < -0.39 is 22.9 Å². The number of hydrogen-bond acceptors (Lipinski definition) is 5. The predicted octanol–water partition coefficient (Wildman–Crippen LogP) is 1.95. The SMILES string of the molecule is NCc1nc([N+](=O)[O-])c(OC(F)(F)F)cc1I. The van der Waals surface area contributed by atoms with Crippen molar-refractivity contribution < 1.29 is 22.8 Å². The third kappa shape index (κ3) is 3.66. The fourth-order valence-electron chi connectivity index (χ4n) is 0.973. The van der Waals surface area contributed by atoms with Crippen LogP contribution in [0.5, 0.6) is 5.75 Å². The molecule has 0 fully saturated rings. The van der Waals surface area contributed by atoms with Gasteiger partial charge in [-0.1, -0.05) is 0 Å². The van der Waals surface area contributed by atoms with E-state index in [-0.39, 0.29) is 15.8 Å². The van der Waals surface area contributed by atoms with Crippen molar-refractivity contribution in [3.8, 4) is 5.75 Å². The van der Waals surface area contributed by atoms with E-state index in [2.05, 4.69) is 9.72 Å². The fourth-order valence-corrected chi connectivity index (χ4v) is 1.60. The number of ether oxygens (including phenoxy) is 1. The van der Waals surface area contributed by atoms with Crippen molar-refractivity contribution >= 4 is 28.4 Å². The Morgan fingerprint density at radius 3 is 2.59 bits per heavy atom. The van der Waals surface area contributed by atoms with Crippen molar-refractivity contribution in [3.63, 3.8) is 0 Å². The maximum Gasteiger partial charge on any atom is 0.573 e. The highest BCUT2D eigenvalue weighted by molar-refractivity contribution is 14.1. The standard InChI is InChI=1S/C7H5F3IN3O3/c8-7(9,10)17-5-1-3(11)4(2-12)13-6(5)14(15)16/h1H,2,12H2. The molecule has 17 heavy (non-hydrogen) atoms. The summed E-state index contributed by atoms with van der Waals surface area (Å²) in [6.45, 7) is -0.120. The summed E-state index contributed by atoms with van der Waals surface area (Å²) in [5.41, 5.74) is 5.38. The lowest BCUT2D eigenvalue weighted by molar-refractivity contribution is -0.393. The van der Waals surface area contributed by atoms with E-state index in [0.717, 1.165) is 6.07 Å². The number of nitro groups is 1. The highest BCUT2D eigenvalue weighted by Crippen LogP contribution is 2.32. The molecule has 0 saturated heterocycles. The number of rotatable bonds is 3. The first-order valence-corrected chi connectivity index (χ1v) is 5.12. The minimum absolute atomic E-state index is 0.120. The monoisotopic (exact) mass is 363 g/mol. The van der Waals surface area contributed by atoms with Crippen molar-refractivity contribution in [1.82, 2.24) is 4.98 Å². The van der Waals surface area contributed by atoms with Crippen LogP contribution in [0.1, 0.15) is 5.69 Å². The summed E-state index contributed by atoms with van der Waals surface area (Å²) in [5.74, 6) is -1.97. The third-order valence-electron chi connectivity index (χ3n) is 1.59. The Morgan fingerprint density at radius 1 is 1.59 bits per heavy atom. The van der Waals surface area contributed by atoms with Gasteiger partial charge in [-0.05, 0) is 32.5 Å². The molecule has 1 rings (SSSR count). The van der Waals surface area contributed by atoms with Gasteiger partial charge < -0.3 is 20.6 Å². The summed E-state index contributed by atoms with van der Waals surface area (Å²) in [6.07, 6.45) is -5.01. The number of hydrogen-bond donors (Lipinski definition) is 1. The van der Waals surface area contributed by atoms with Gasteiger partial charge in [0, 0.05) is 6.07 Å². The normalized spacial score (nSPS) is 11.4. The van der Waals surface area contributed by atoms with Gasteiger partial charge in [0.05, 0.1) is 10.1 Å². The molecule has 1 aromatic rings.